The lowest BCUT2D eigenvalue weighted by atomic mass is 10.2. The van der Waals surface area contributed by atoms with Crippen LogP contribution in [0.4, 0.5) is 11.4 Å². The van der Waals surface area contributed by atoms with Crippen molar-refractivity contribution < 1.29 is 8.42 Å². The molecular formula is C14H23N3O2S. The Bertz CT molecular complexity index is 566. The van der Waals surface area contributed by atoms with Crippen LogP contribution in [0.3, 0.4) is 0 Å². The van der Waals surface area contributed by atoms with Crippen molar-refractivity contribution in [2.75, 3.05) is 36.9 Å². The van der Waals surface area contributed by atoms with Crippen LogP contribution in [0.2, 0.25) is 0 Å². The number of hydrogen-bond donors (Lipinski definition) is 2. The third-order valence-corrected chi connectivity index (χ3v) is 4.91. The Morgan fingerprint density at radius 3 is 2.55 bits per heavy atom. The summed E-state index contributed by atoms with van der Waals surface area (Å²) in [7, 11) is -3.20. The zero-order valence-corrected chi connectivity index (χ0v) is 12.9. The van der Waals surface area contributed by atoms with Crippen molar-refractivity contribution >= 4 is 21.2 Å². The van der Waals surface area contributed by atoms with Gasteiger partial charge < -0.3 is 11.1 Å². The number of benzene rings is 1. The molecule has 1 aromatic rings. The van der Waals surface area contributed by atoms with Gasteiger partial charge in [-0.2, -0.15) is 0 Å². The Morgan fingerprint density at radius 2 is 2.00 bits per heavy atom. The van der Waals surface area contributed by atoms with Crippen LogP contribution in [0.15, 0.2) is 23.1 Å². The van der Waals surface area contributed by atoms with Gasteiger partial charge in [0, 0.05) is 18.8 Å². The summed E-state index contributed by atoms with van der Waals surface area (Å²) in [6.07, 6.45) is 3.73. The van der Waals surface area contributed by atoms with Crippen LogP contribution >= 0.6 is 0 Å². The molecule has 0 bridgehead atoms. The Labute approximate surface area is 121 Å². The molecule has 112 valence electrons. The lowest BCUT2D eigenvalue weighted by Crippen LogP contribution is -2.35. The molecule has 0 spiro atoms. The number of nitrogens with one attached hydrogen (secondary N) is 1. The monoisotopic (exact) mass is 297 g/mol. The molecule has 1 heterocycles. The van der Waals surface area contributed by atoms with E-state index >= 15 is 0 Å². The quantitative estimate of drug-likeness (QED) is 0.807. The second kappa shape index (κ2) is 6.01. The fourth-order valence-electron chi connectivity index (χ4n) is 2.50. The van der Waals surface area contributed by atoms with E-state index in [0.29, 0.717) is 11.7 Å². The average Bonchev–Trinajstić information content (AvgIpc) is 2.89. The highest BCUT2D eigenvalue weighted by Gasteiger charge is 2.18. The van der Waals surface area contributed by atoms with E-state index in [0.717, 1.165) is 25.3 Å². The Hall–Kier alpha value is -1.27. The van der Waals surface area contributed by atoms with E-state index in [4.69, 9.17) is 5.73 Å². The van der Waals surface area contributed by atoms with Crippen LogP contribution in [0.1, 0.15) is 19.8 Å². The fourth-order valence-corrected chi connectivity index (χ4v) is 3.16. The normalized spacial score (nSPS) is 18.1. The highest BCUT2D eigenvalue weighted by molar-refractivity contribution is 7.90. The first-order valence-corrected chi connectivity index (χ1v) is 8.84. The van der Waals surface area contributed by atoms with E-state index in [-0.39, 0.29) is 4.90 Å². The van der Waals surface area contributed by atoms with Gasteiger partial charge >= 0.3 is 0 Å². The molecule has 1 aliphatic heterocycles. The summed E-state index contributed by atoms with van der Waals surface area (Å²) < 4.78 is 22.9. The molecular weight excluding hydrogens is 274 g/mol. The third kappa shape index (κ3) is 3.64. The second-order valence-corrected chi connectivity index (χ2v) is 7.51. The molecule has 1 aliphatic rings. The lowest BCUT2D eigenvalue weighted by molar-refractivity contribution is 0.269. The molecule has 0 amide bonds. The highest BCUT2D eigenvalue weighted by Crippen LogP contribution is 2.23. The predicted molar refractivity (Wildman–Crippen MR) is 82.7 cm³/mol. The number of rotatable bonds is 5. The largest absolute Gasteiger partial charge is 0.397 e. The molecule has 1 fully saturated rings. The molecule has 1 atom stereocenters. The first-order valence-electron chi connectivity index (χ1n) is 6.95. The molecule has 0 aliphatic carbocycles. The summed E-state index contributed by atoms with van der Waals surface area (Å²) in [6, 6.07) is 5.29. The maximum atomic E-state index is 11.5. The summed E-state index contributed by atoms with van der Waals surface area (Å²) in [5, 5.41) is 3.31. The molecule has 1 saturated heterocycles. The Morgan fingerprint density at radius 1 is 1.35 bits per heavy atom. The molecule has 5 nitrogen and oxygen atoms in total. The van der Waals surface area contributed by atoms with Crippen LogP contribution in [0.25, 0.3) is 0 Å². The molecule has 1 unspecified atom stereocenters. The van der Waals surface area contributed by atoms with Crippen molar-refractivity contribution in [1.29, 1.82) is 0 Å². The second-order valence-electron chi connectivity index (χ2n) is 5.49. The summed E-state index contributed by atoms with van der Waals surface area (Å²) in [5.74, 6) is 0. The third-order valence-electron chi connectivity index (χ3n) is 3.80. The minimum absolute atomic E-state index is 0.258. The van der Waals surface area contributed by atoms with Gasteiger partial charge in [-0.3, -0.25) is 4.90 Å². The van der Waals surface area contributed by atoms with E-state index in [2.05, 4.69) is 17.1 Å². The minimum Gasteiger partial charge on any atom is -0.397 e. The van der Waals surface area contributed by atoms with Crippen molar-refractivity contribution in [3.63, 3.8) is 0 Å². The van der Waals surface area contributed by atoms with Gasteiger partial charge in [0.25, 0.3) is 0 Å². The molecule has 20 heavy (non-hydrogen) atoms. The van der Waals surface area contributed by atoms with Gasteiger partial charge in [-0.05, 0) is 51.1 Å². The van der Waals surface area contributed by atoms with Gasteiger partial charge in [0.1, 0.15) is 0 Å². The zero-order chi connectivity index (χ0) is 14.8. The first-order chi connectivity index (χ1) is 9.38. The average molecular weight is 297 g/mol. The lowest BCUT2D eigenvalue weighted by Gasteiger charge is -2.24. The van der Waals surface area contributed by atoms with Gasteiger partial charge in [0.15, 0.2) is 9.84 Å². The highest BCUT2D eigenvalue weighted by atomic mass is 32.2. The van der Waals surface area contributed by atoms with Crippen LogP contribution in [0.5, 0.6) is 0 Å². The summed E-state index contributed by atoms with van der Waals surface area (Å²) in [4.78, 5) is 2.71. The van der Waals surface area contributed by atoms with Gasteiger partial charge in [0.05, 0.1) is 16.3 Å². The van der Waals surface area contributed by atoms with Gasteiger partial charge in [-0.1, -0.05) is 0 Å². The molecule has 0 saturated carbocycles. The number of sulfone groups is 1. The molecule has 1 aromatic carbocycles. The molecule has 2 rings (SSSR count). The summed E-state index contributed by atoms with van der Waals surface area (Å²) >= 11 is 0. The van der Waals surface area contributed by atoms with Crippen LogP contribution in [-0.2, 0) is 9.84 Å². The predicted octanol–water partition coefficient (Wildman–Crippen LogP) is 1.57. The number of hydrogen-bond acceptors (Lipinski definition) is 5. The van der Waals surface area contributed by atoms with E-state index in [9.17, 15) is 8.42 Å². The molecule has 6 heteroatoms. The number of nitrogens with two attached hydrogens (primary N) is 1. The van der Waals surface area contributed by atoms with E-state index in [1.807, 2.05) is 0 Å². The van der Waals surface area contributed by atoms with Gasteiger partial charge in [-0.15, -0.1) is 0 Å². The minimum atomic E-state index is -3.20. The smallest absolute Gasteiger partial charge is 0.175 e. The van der Waals surface area contributed by atoms with Crippen molar-refractivity contribution in [3.8, 4) is 0 Å². The number of likely N-dealkylation sites (tertiary alicyclic amines) is 1. The number of nitrogens with zero attached hydrogens (tertiary/aromatic N) is 1. The molecule has 3 N–H and O–H groups in total. The van der Waals surface area contributed by atoms with Crippen molar-refractivity contribution in [1.82, 2.24) is 4.90 Å². The molecule has 0 radical (unpaired) electrons. The van der Waals surface area contributed by atoms with E-state index in [1.54, 1.807) is 12.1 Å². The summed E-state index contributed by atoms with van der Waals surface area (Å²) in [5.41, 5.74) is 7.19. The van der Waals surface area contributed by atoms with Crippen LogP contribution in [-0.4, -0.2) is 45.2 Å². The van der Waals surface area contributed by atoms with Crippen molar-refractivity contribution in [2.45, 2.75) is 30.7 Å². The maximum Gasteiger partial charge on any atom is 0.175 e. The molecule has 0 aromatic heterocycles. The zero-order valence-electron chi connectivity index (χ0n) is 12.1. The summed E-state index contributed by atoms with van der Waals surface area (Å²) in [6.45, 7) is 5.32. The number of anilines is 2. The fraction of sp³-hybridized carbons (Fsp3) is 0.571. The Balaban J connectivity index is 1.99. The number of nitrogen functional groups attached to an aromatic ring is 1. The van der Waals surface area contributed by atoms with Crippen LogP contribution < -0.4 is 11.1 Å². The Kier molecular flexibility index (Phi) is 4.55. The van der Waals surface area contributed by atoms with Gasteiger partial charge in [0.2, 0.25) is 0 Å². The van der Waals surface area contributed by atoms with Crippen LogP contribution in [0, 0.1) is 0 Å². The standard InChI is InChI=1S/C14H23N3O2S/c1-11(17-7-3-4-8-17)10-16-14-6-5-12(9-13(14)15)20(2,18)19/h5-6,9,11,16H,3-4,7-8,10,15H2,1-2H3. The van der Waals surface area contributed by atoms with Gasteiger partial charge in [-0.25, -0.2) is 8.42 Å². The van der Waals surface area contributed by atoms with Crippen molar-refractivity contribution in [2.24, 2.45) is 0 Å². The van der Waals surface area contributed by atoms with E-state index in [1.165, 1.54) is 25.2 Å². The van der Waals surface area contributed by atoms with E-state index < -0.39 is 9.84 Å². The topological polar surface area (TPSA) is 75.4 Å². The SMILES string of the molecule is CC(CNc1ccc(S(C)(=O)=O)cc1N)N1CCCC1. The van der Waals surface area contributed by atoms with Crippen molar-refractivity contribution in [3.05, 3.63) is 18.2 Å². The maximum absolute atomic E-state index is 11.5. The first kappa shape index (κ1) is 15.1.